The number of nitrogens with zero attached hydrogens (tertiary/aromatic N) is 6. The van der Waals surface area contributed by atoms with Crippen LogP contribution in [-0.2, 0) is 13.6 Å². The maximum Gasteiger partial charge on any atom is 0.329 e. The van der Waals surface area contributed by atoms with Gasteiger partial charge in [-0.3, -0.25) is 23.6 Å². The molecule has 3 aromatic heterocycles. The van der Waals surface area contributed by atoms with Crippen LogP contribution in [0.3, 0.4) is 0 Å². The summed E-state index contributed by atoms with van der Waals surface area (Å²) in [5, 5.41) is 0.767. The molecule has 0 saturated carbocycles. The maximum atomic E-state index is 12.4. The summed E-state index contributed by atoms with van der Waals surface area (Å²) in [6.07, 6.45) is 1.91. The fourth-order valence-electron chi connectivity index (χ4n) is 4.57. The van der Waals surface area contributed by atoms with Crippen LogP contribution < -0.4 is 16.1 Å². The molecule has 1 N–H and O–H groups in total. The van der Waals surface area contributed by atoms with E-state index in [1.807, 2.05) is 25.3 Å². The van der Waals surface area contributed by atoms with Crippen molar-refractivity contribution < 1.29 is 0 Å². The topological polar surface area (TPSA) is 83.6 Å². The summed E-state index contributed by atoms with van der Waals surface area (Å²) in [7, 11) is 1.62. The van der Waals surface area contributed by atoms with Gasteiger partial charge in [0.15, 0.2) is 11.2 Å². The molecule has 1 aliphatic rings. The number of fused-ring (bicyclic) bond motifs is 3. The molecule has 10 heteroatoms. The van der Waals surface area contributed by atoms with E-state index in [9.17, 15) is 9.59 Å². The first-order valence-corrected chi connectivity index (χ1v) is 11.1. The van der Waals surface area contributed by atoms with Crippen molar-refractivity contribution in [1.82, 2.24) is 28.4 Å². The first kappa shape index (κ1) is 20.8. The Balaban J connectivity index is 1.33. The third kappa shape index (κ3) is 3.41. The molecule has 0 spiro atoms. The predicted octanol–water partition coefficient (Wildman–Crippen LogP) is 1.77. The lowest BCUT2D eigenvalue weighted by Crippen LogP contribution is -2.47. The number of aromatic amines is 1. The zero-order chi connectivity index (χ0) is 22.6. The predicted molar refractivity (Wildman–Crippen MR) is 126 cm³/mol. The number of nitrogens with one attached hydrogen (secondary N) is 1. The van der Waals surface area contributed by atoms with Gasteiger partial charge in [-0.1, -0.05) is 17.7 Å². The number of hydrogen-bond acceptors (Lipinski definition) is 5. The first-order valence-electron chi connectivity index (χ1n) is 10.7. The van der Waals surface area contributed by atoms with E-state index < -0.39 is 11.2 Å². The van der Waals surface area contributed by atoms with Crippen LogP contribution in [0.5, 0.6) is 0 Å². The van der Waals surface area contributed by atoms with Gasteiger partial charge in [-0.15, -0.1) is 0 Å². The van der Waals surface area contributed by atoms with Crippen LogP contribution in [0.25, 0.3) is 16.9 Å². The van der Waals surface area contributed by atoms with Gasteiger partial charge in [-0.2, -0.15) is 4.98 Å². The number of halogens is 1. The van der Waals surface area contributed by atoms with E-state index in [2.05, 4.69) is 37.3 Å². The molecule has 1 saturated heterocycles. The zero-order valence-corrected chi connectivity index (χ0v) is 19.2. The van der Waals surface area contributed by atoms with Crippen molar-refractivity contribution in [3.05, 3.63) is 61.5 Å². The van der Waals surface area contributed by atoms with Crippen LogP contribution in [0, 0.1) is 13.8 Å². The van der Waals surface area contributed by atoms with Crippen molar-refractivity contribution in [3.8, 4) is 0 Å². The Morgan fingerprint density at radius 1 is 1.09 bits per heavy atom. The number of aromatic nitrogens is 5. The van der Waals surface area contributed by atoms with Gasteiger partial charge >= 0.3 is 5.69 Å². The number of anilines is 1. The smallest absolute Gasteiger partial charge is 0.329 e. The zero-order valence-electron chi connectivity index (χ0n) is 18.4. The molecule has 0 radical (unpaired) electrons. The average Bonchev–Trinajstić information content (AvgIpc) is 3.28. The third-order valence-corrected chi connectivity index (χ3v) is 6.67. The minimum atomic E-state index is -0.459. The van der Waals surface area contributed by atoms with Gasteiger partial charge in [0.05, 0.1) is 0 Å². The second-order valence-electron chi connectivity index (χ2n) is 8.45. The van der Waals surface area contributed by atoms with Gasteiger partial charge in [0.1, 0.15) is 0 Å². The fourth-order valence-corrected chi connectivity index (χ4v) is 4.74. The molecule has 5 rings (SSSR count). The highest BCUT2D eigenvalue weighted by molar-refractivity contribution is 6.30. The third-order valence-electron chi connectivity index (χ3n) is 6.44. The van der Waals surface area contributed by atoms with Crippen molar-refractivity contribution >= 4 is 34.2 Å². The highest BCUT2D eigenvalue weighted by atomic mass is 35.5. The Morgan fingerprint density at radius 2 is 1.84 bits per heavy atom. The van der Waals surface area contributed by atoms with Crippen LogP contribution >= 0.6 is 11.6 Å². The van der Waals surface area contributed by atoms with E-state index >= 15 is 0 Å². The van der Waals surface area contributed by atoms with E-state index in [1.165, 1.54) is 15.8 Å². The number of imidazole rings is 2. The van der Waals surface area contributed by atoms with Gasteiger partial charge in [0, 0.05) is 68.9 Å². The summed E-state index contributed by atoms with van der Waals surface area (Å²) in [4.78, 5) is 36.1. The summed E-state index contributed by atoms with van der Waals surface area (Å²) >= 11 is 6.20. The SMILES string of the molecule is Cc1ccc(Cl)cc1N1CCN(CCn2c(C)cn3c4c(=O)[nH]c(=O)n(C)c4nc23)CC1. The van der Waals surface area contributed by atoms with Crippen molar-refractivity contribution in [2.75, 3.05) is 37.6 Å². The van der Waals surface area contributed by atoms with Crippen LogP contribution in [0.4, 0.5) is 5.69 Å². The highest BCUT2D eigenvalue weighted by Crippen LogP contribution is 2.25. The second-order valence-corrected chi connectivity index (χ2v) is 8.89. The summed E-state index contributed by atoms with van der Waals surface area (Å²) in [6.45, 7) is 9.60. The summed E-state index contributed by atoms with van der Waals surface area (Å²) in [5.41, 5.74) is 3.39. The monoisotopic (exact) mass is 455 g/mol. The molecule has 168 valence electrons. The van der Waals surface area contributed by atoms with Gasteiger partial charge in [0.25, 0.3) is 5.56 Å². The lowest BCUT2D eigenvalue weighted by molar-refractivity contribution is 0.248. The Kier molecular flexibility index (Phi) is 5.10. The number of piperazine rings is 1. The lowest BCUT2D eigenvalue weighted by atomic mass is 10.1. The molecule has 0 unspecified atom stereocenters. The molecule has 1 aromatic carbocycles. The molecule has 0 amide bonds. The minimum absolute atomic E-state index is 0.396. The minimum Gasteiger partial charge on any atom is -0.369 e. The molecule has 0 aliphatic carbocycles. The summed E-state index contributed by atoms with van der Waals surface area (Å²) in [6, 6.07) is 6.05. The van der Waals surface area contributed by atoms with Crippen LogP contribution in [0.1, 0.15) is 11.3 Å². The molecule has 32 heavy (non-hydrogen) atoms. The van der Waals surface area contributed by atoms with Crippen LogP contribution in [-0.4, -0.2) is 61.1 Å². The molecule has 0 atom stereocenters. The largest absolute Gasteiger partial charge is 0.369 e. The van der Waals surface area contributed by atoms with Crippen molar-refractivity contribution in [2.45, 2.75) is 20.4 Å². The maximum absolute atomic E-state index is 12.4. The number of aryl methyl sites for hydroxylation is 3. The molecular formula is C22H26ClN7O2. The Hall–Kier alpha value is -3.04. The van der Waals surface area contributed by atoms with Crippen LogP contribution in [0.15, 0.2) is 34.0 Å². The van der Waals surface area contributed by atoms with Gasteiger partial charge in [-0.05, 0) is 31.5 Å². The molecule has 1 aliphatic heterocycles. The molecule has 9 nitrogen and oxygen atoms in total. The standard InChI is InChI=1S/C22H26ClN7O2/c1-14-4-5-16(23)12-17(14)28-9-6-27(7-10-28)8-11-29-15(2)13-30-18-19(24-21(29)30)26(3)22(32)25-20(18)31/h4-5,12-13H,6-11H2,1-3H3,(H,25,31,32). The molecule has 0 bridgehead atoms. The van der Waals surface area contributed by atoms with Gasteiger partial charge < -0.3 is 9.47 Å². The lowest BCUT2D eigenvalue weighted by Gasteiger charge is -2.37. The Morgan fingerprint density at radius 3 is 2.59 bits per heavy atom. The van der Waals surface area contributed by atoms with E-state index in [-0.39, 0.29) is 0 Å². The van der Waals surface area contributed by atoms with Gasteiger partial charge in [0.2, 0.25) is 5.78 Å². The summed E-state index contributed by atoms with van der Waals surface area (Å²) in [5.74, 6) is 0.678. The number of rotatable bonds is 4. The number of H-pyrrole nitrogens is 1. The first-order chi connectivity index (χ1) is 15.3. The van der Waals surface area contributed by atoms with E-state index in [0.29, 0.717) is 16.9 Å². The molecule has 4 aromatic rings. The fraction of sp³-hybridized carbons (Fsp3) is 0.409. The van der Waals surface area contributed by atoms with E-state index in [1.54, 1.807) is 11.4 Å². The average molecular weight is 456 g/mol. The van der Waals surface area contributed by atoms with Crippen molar-refractivity contribution in [1.29, 1.82) is 0 Å². The molecule has 1 fully saturated rings. The Bertz CT molecular complexity index is 1440. The van der Waals surface area contributed by atoms with E-state index in [4.69, 9.17) is 11.6 Å². The summed E-state index contributed by atoms with van der Waals surface area (Å²) < 4.78 is 5.26. The molecular weight excluding hydrogens is 430 g/mol. The van der Waals surface area contributed by atoms with Gasteiger partial charge in [-0.25, -0.2) is 4.79 Å². The normalized spacial score (nSPS) is 15.3. The Labute approximate surface area is 189 Å². The highest BCUT2D eigenvalue weighted by Gasteiger charge is 2.21. The van der Waals surface area contributed by atoms with Crippen molar-refractivity contribution in [3.63, 3.8) is 0 Å². The quantitative estimate of drug-likeness (QED) is 0.507. The van der Waals surface area contributed by atoms with E-state index in [0.717, 1.165) is 50.0 Å². The van der Waals surface area contributed by atoms with Crippen molar-refractivity contribution in [2.24, 2.45) is 7.05 Å². The number of benzene rings is 1. The van der Waals surface area contributed by atoms with Crippen LogP contribution in [0.2, 0.25) is 5.02 Å². The number of hydrogen-bond donors (Lipinski definition) is 1. The second kappa shape index (κ2) is 7.83. The molecule has 4 heterocycles.